The molecule has 1 amide bonds. The number of nitrogens with zero attached hydrogens (tertiary/aromatic N) is 2. The Morgan fingerprint density at radius 1 is 1.40 bits per heavy atom. The molecule has 0 saturated carbocycles. The van der Waals surface area contributed by atoms with E-state index < -0.39 is 0 Å². The number of hydrogen-bond donors (Lipinski definition) is 2. The maximum absolute atomic E-state index is 11.8. The van der Waals surface area contributed by atoms with Gasteiger partial charge in [0.1, 0.15) is 0 Å². The topological polar surface area (TPSA) is 71.0 Å². The van der Waals surface area contributed by atoms with Crippen LogP contribution in [-0.2, 0) is 4.79 Å². The van der Waals surface area contributed by atoms with E-state index in [1.165, 1.54) is 0 Å². The van der Waals surface area contributed by atoms with E-state index in [0.29, 0.717) is 0 Å². The summed E-state index contributed by atoms with van der Waals surface area (Å²) < 4.78 is 0. The summed E-state index contributed by atoms with van der Waals surface area (Å²) in [5.74, 6) is -0.0213. The Labute approximate surface area is 117 Å². The molecule has 5 heteroatoms. The molecule has 1 aliphatic rings. The van der Waals surface area contributed by atoms with Crippen molar-refractivity contribution >= 4 is 23.0 Å². The smallest absolute Gasteiger partial charge is 0.298 e. The third-order valence-corrected chi connectivity index (χ3v) is 3.55. The van der Waals surface area contributed by atoms with Crippen LogP contribution in [0.25, 0.3) is 10.9 Å². The third-order valence-electron chi connectivity index (χ3n) is 3.55. The highest BCUT2D eigenvalue weighted by Gasteiger charge is 2.25. The Kier molecular flexibility index (Phi) is 3.69. The molecule has 1 aromatic carbocycles. The van der Waals surface area contributed by atoms with Gasteiger partial charge in [0, 0.05) is 30.0 Å². The monoisotopic (exact) mass is 269 g/mol. The van der Waals surface area contributed by atoms with Crippen LogP contribution in [0.3, 0.4) is 0 Å². The lowest BCUT2D eigenvalue weighted by atomic mass is 10.1. The summed E-state index contributed by atoms with van der Waals surface area (Å²) >= 11 is 0. The van der Waals surface area contributed by atoms with E-state index in [-0.39, 0.29) is 11.9 Å². The molecule has 0 radical (unpaired) electrons. The predicted octanol–water partition coefficient (Wildman–Crippen LogP) is 0.411. The molecule has 1 saturated heterocycles. The second kappa shape index (κ2) is 5.79. The van der Waals surface area contributed by atoms with Crippen LogP contribution in [0.15, 0.2) is 41.6 Å². The van der Waals surface area contributed by atoms with Crippen molar-refractivity contribution in [2.75, 3.05) is 6.54 Å². The van der Waals surface area contributed by atoms with Crippen LogP contribution in [0.5, 0.6) is 0 Å². The second-order valence-corrected chi connectivity index (χ2v) is 4.93. The van der Waals surface area contributed by atoms with E-state index in [1.54, 1.807) is 12.4 Å². The number of aromatic nitrogens is 1. The number of rotatable bonds is 3. The van der Waals surface area contributed by atoms with Crippen LogP contribution in [0.1, 0.15) is 18.4 Å². The normalized spacial score (nSPS) is 18.7. The van der Waals surface area contributed by atoms with Crippen LogP contribution in [0.4, 0.5) is 0 Å². The summed E-state index contributed by atoms with van der Waals surface area (Å²) in [6.07, 6.45) is 5.43. The molecule has 1 fully saturated rings. The minimum absolute atomic E-state index is 0.0118. The van der Waals surface area contributed by atoms with Crippen LogP contribution in [0.2, 0.25) is 0 Å². The number of hydrogen-bond acceptors (Lipinski definition) is 3. The number of quaternary nitrogens is 1. The number of pyridine rings is 1. The molecular formula is C15H17N4O+. The van der Waals surface area contributed by atoms with Gasteiger partial charge in [-0.15, -0.1) is 0 Å². The Morgan fingerprint density at radius 3 is 3.15 bits per heavy atom. The first kappa shape index (κ1) is 12.7. The molecule has 5 nitrogen and oxygen atoms in total. The highest BCUT2D eigenvalue weighted by molar-refractivity contribution is 5.97. The molecule has 0 bridgehead atoms. The second-order valence-electron chi connectivity index (χ2n) is 4.93. The fraction of sp³-hybridized carbons (Fsp3) is 0.267. The fourth-order valence-electron chi connectivity index (χ4n) is 2.49. The van der Waals surface area contributed by atoms with Gasteiger partial charge in [0.2, 0.25) is 0 Å². The minimum Gasteiger partial charge on any atom is -0.336 e. The minimum atomic E-state index is -0.0213. The number of para-hydroxylation sites is 1. The van der Waals surface area contributed by atoms with Gasteiger partial charge in [0.25, 0.3) is 5.91 Å². The molecule has 1 aliphatic heterocycles. The van der Waals surface area contributed by atoms with Crippen molar-refractivity contribution in [1.29, 1.82) is 0 Å². The SMILES string of the molecule is O=C(NN=Cc1cccc2cccnc12)C1CCC[NH2+]1. The summed E-state index contributed by atoms with van der Waals surface area (Å²) in [5, 5.41) is 7.17. The number of benzene rings is 1. The van der Waals surface area contributed by atoms with Gasteiger partial charge in [0.15, 0.2) is 6.04 Å². The summed E-state index contributed by atoms with van der Waals surface area (Å²) in [4.78, 5) is 16.2. The van der Waals surface area contributed by atoms with Gasteiger partial charge in [0.05, 0.1) is 18.3 Å². The zero-order valence-corrected chi connectivity index (χ0v) is 11.1. The number of carbonyl (C=O) groups is 1. The maximum atomic E-state index is 11.8. The van der Waals surface area contributed by atoms with Crippen LogP contribution >= 0.6 is 0 Å². The van der Waals surface area contributed by atoms with Crippen molar-refractivity contribution in [1.82, 2.24) is 10.4 Å². The van der Waals surface area contributed by atoms with E-state index in [1.807, 2.05) is 30.3 Å². The number of hydrazone groups is 1. The van der Waals surface area contributed by atoms with E-state index in [9.17, 15) is 4.79 Å². The van der Waals surface area contributed by atoms with Crippen molar-refractivity contribution in [2.45, 2.75) is 18.9 Å². The lowest BCUT2D eigenvalue weighted by Crippen LogP contribution is -2.89. The molecule has 0 aliphatic carbocycles. The number of nitrogens with one attached hydrogen (secondary N) is 1. The molecule has 20 heavy (non-hydrogen) atoms. The Hall–Kier alpha value is -2.27. The summed E-state index contributed by atoms with van der Waals surface area (Å²) in [6.45, 7) is 1.02. The fourth-order valence-corrected chi connectivity index (χ4v) is 2.49. The van der Waals surface area contributed by atoms with Crippen molar-refractivity contribution in [2.24, 2.45) is 5.10 Å². The summed E-state index contributed by atoms with van der Waals surface area (Å²) in [6, 6.07) is 9.82. The molecule has 1 atom stereocenters. The van der Waals surface area contributed by atoms with E-state index >= 15 is 0 Å². The van der Waals surface area contributed by atoms with Gasteiger partial charge in [-0.05, 0) is 6.07 Å². The van der Waals surface area contributed by atoms with Crippen molar-refractivity contribution in [3.05, 3.63) is 42.1 Å². The van der Waals surface area contributed by atoms with Gasteiger partial charge in [-0.1, -0.05) is 24.3 Å². The molecule has 3 N–H and O–H groups in total. The standard InChI is InChI=1S/C15H16N4O/c20-15(13-7-3-8-16-13)19-18-10-12-5-1-4-11-6-2-9-17-14(11)12/h1-2,4-6,9-10,13,16H,3,7-8H2,(H,19,20)/p+1. The van der Waals surface area contributed by atoms with Crippen LogP contribution < -0.4 is 10.7 Å². The first-order chi connectivity index (χ1) is 9.84. The molecule has 1 aromatic heterocycles. The van der Waals surface area contributed by atoms with Crippen LogP contribution in [-0.4, -0.2) is 29.7 Å². The Bertz CT molecular complexity index is 642. The zero-order valence-electron chi connectivity index (χ0n) is 11.1. The predicted molar refractivity (Wildman–Crippen MR) is 77.3 cm³/mol. The van der Waals surface area contributed by atoms with Gasteiger partial charge >= 0.3 is 0 Å². The molecule has 1 unspecified atom stereocenters. The highest BCUT2D eigenvalue weighted by atomic mass is 16.2. The van der Waals surface area contributed by atoms with E-state index in [4.69, 9.17) is 0 Å². The number of fused-ring (bicyclic) bond motifs is 1. The Balaban J connectivity index is 1.72. The Morgan fingerprint density at radius 2 is 2.30 bits per heavy atom. The van der Waals surface area contributed by atoms with Crippen molar-refractivity contribution in [3.8, 4) is 0 Å². The number of amides is 1. The lowest BCUT2D eigenvalue weighted by Gasteiger charge is -2.04. The van der Waals surface area contributed by atoms with Crippen molar-refractivity contribution in [3.63, 3.8) is 0 Å². The number of nitrogens with two attached hydrogens (primary N) is 1. The van der Waals surface area contributed by atoms with Gasteiger partial charge in [-0.2, -0.15) is 5.10 Å². The van der Waals surface area contributed by atoms with Crippen LogP contribution in [0, 0.1) is 0 Å². The van der Waals surface area contributed by atoms with Crippen molar-refractivity contribution < 1.29 is 10.1 Å². The molecular weight excluding hydrogens is 252 g/mol. The van der Waals surface area contributed by atoms with Gasteiger partial charge in [-0.3, -0.25) is 9.78 Å². The van der Waals surface area contributed by atoms with E-state index in [2.05, 4.69) is 20.8 Å². The first-order valence-electron chi connectivity index (χ1n) is 6.84. The average Bonchev–Trinajstić information content (AvgIpc) is 3.02. The lowest BCUT2D eigenvalue weighted by molar-refractivity contribution is -0.657. The first-order valence-corrected chi connectivity index (χ1v) is 6.84. The summed E-state index contributed by atoms with van der Waals surface area (Å²) in [5.41, 5.74) is 4.40. The van der Waals surface area contributed by atoms with E-state index in [0.717, 1.165) is 35.9 Å². The maximum Gasteiger partial charge on any atom is 0.298 e. The largest absolute Gasteiger partial charge is 0.336 e. The molecule has 3 rings (SSSR count). The number of carbonyl (C=O) groups excluding carboxylic acids is 1. The third kappa shape index (κ3) is 2.67. The quantitative estimate of drug-likeness (QED) is 0.626. The molecule has 2 aromatic rings. The zero-order chi connectivity index (χ0) is 13.8. The highest BCUT2D eigenvalue weighted by Crippen LogP contribution is 2.13. The van der Waals surface area contributed by atoms with Gasteiger partial charge in [-0.25, -0.2) is 5.43 Å². The molecule has 2 heterocycles. The average molecular weight is 269 g/mol. The van der Waals surface area contributed by atoms with Gasteiger partial charge < -0.3 is 5.32 Å². The summed E-state index contributed by atoms with van der Waals surface area (Å²) in [7, 11) is 0. The molecule has 0 spiro atoms. The molecule has 102 valence electrons.